The number of amides is 1. The molecule has 3 heterocycles. The molecule has 11 heteroatoms. The summed E-state index contributed by atoms with van der Waals surface area (Å²) in [6.07, 6.45) is 4.77. The van der Waals surface area contributed by atoms with Gasteiger partial charge in [0.05, 0.1) is 22.7 Å². The highest BCUT2D eigenvalue weighted by molar-refractivity contribution is 6.31. The first-order chi connectivity index (χ1) is 15.4. The number of aromatic amines is 1. The lowest BCUT2D eigenvalue weighted by atomic mass is 10.1. The highest BCUT2D eigenvalue weighted by Crippen LogP contribution is 2.32. The van der Waals surface area contributed by atoms with Crippen LogP contribution in [0.4, 0.5) is 4.39 Å². The summed E-state index contributed by atoms with van der Waals surface area (Å²) in [4.78, 5) is 26.6. The average molecular weight is 494 g/mol. The molecule has 4 rings (SSSR count). The molecule has 0 aliphatic heterocycles. The highest BCUT2D eigenvalue weighted by Gasteiger charge is 2.21. The van der Waals surface area contributed by atoms with E-state index in [0.29, 0.717) is 57.1 Å². The maximum Gasteiger partial charge on any atom is 0.255 e. The molecular weight excluding hydrogens is 468 g/mol. The molecule has 1 aromatic carbocycles. The van der Waals surface area contributed by atoms with E-state index in [1.54, 1.807) is 16.9 Å². The van der Waals surface area contributed by atoms with Crippen LogP contribution in [0, 0.1) is 5.82 Å². The third-order valence-corrected chi connectivity index (χ3v) is 5.37. The lowest BCUT2D eigenvalue weighted by molar-refractivity contribution is 0.0955. The minimum absolute atomic E-state index is 0. The molecular formula is C22H26Cl2FN7O. The van der Waals surface area contributed by atoms with Crippen LogP contribution in [0.3, 0.4) is 0 Å². The van der Waals surface area contributed by atoms with Crippen molar-refractivity contribution in [3.63, 3.8) is 0 Å². The van der Waals surface area contributed by atoms with Gasteiger partial charge < -0.3 is 15.2 Å². The number of benzene rings is 1. The second-order valence-electron chi connectivity index (χ2n) is 7.92. The third-order valence-electron chi connectivity index (χ3n) is 5.15. The number of aryl methyl sites for hydroxylation is 1. The fourth-order valence-electron chi connectivity index (χ4n) is 3.62. The normalized spacial score (nSPS) is 11.3. The van der Waals surface area contributed by atoms with Gasteiger partial charge in [0.25, 0.3) is 5.91 Å². The summed E-state index contributed by atoms with van der Waals surface area (Å²) in [5, 5.41) is 8.14. The maximum absolute atomic E-state index is 15.0. The first kappa shape index (κ1) is 24.9. The number of aromatic nitrogens is 5. The van der Waals surface area contributed by atoms with E-state index in [2.05, 4.69) is 30.3 Å². The number of carbonyl (C=O) groups is 1. The van der Waals surface area contributed by atoms with Crippen LogP contribution in [0.2, 0.25) is 5.02 Å². The Morgan fingerprint density at radius 3 is 2.85 bits per heavy atom. The summed E-state index contributed by atoms with van der Waals surface area (Å²) in [5.74, 6) is -0.708. The number of nitrogens with zero attached hydrogens (tertiary/aromatic N) is 5. The highest BCUT2D eigenvalue weighted by atomic mass is 35.5. The Balaban J connectivity index is 0.00000306. The zero-order valence-corrected chi connectivity index (χ0v) is 20.2. The summed E-state index contributed by atoms with van der Waals surface area (Å²) in [6.45, 7) is 4.00. The molecule has 176 valence electrons. The number of hydrogen-bond acceptors (Lipinski definition) is 5. The van der Waals surface area contributed by atoms with Gasteiger partial charge in [-0.15, -0.1) is 12.4 Å². The molecule has 3 aromatic heterocycles. The van der Waals surface area contributed by atoms with E-state index in [4.69, 9.17) is 11.6 Å². The second-order valence-corrected chi connectivity index (χ2v) is 8.36. The molecule has 0 aliphatic rings. The standard InChI is InChI=1S/C22H25ClFN7O.ClH/c1-4-6-25-22(32)14-11-26-21-19(14)28-16(12-27-21)20-18-15(24)9-13(23)10-17(18)31(29-20)8-5-7-30(2)3;/h9-12H,4-8H2,1-3H3,(H,25,32)(H,26,27);1H. The van der Waals surface area contributed by atoms with Gasteiger partial charge in [0.1, 0.15) is 22.7 Å². The molecule has 2 N–H and O–H groups in total. The van der Waals surface area contributed by atoms with Gasteiger partial charge in [-0.1, -0.05) is 18.5 Å². The quantitative estimate of drug-likeness (QED) is 0.382. The van der Waals surface area contributed by atoms with Crippen LogP contribution in [0.15, 0.2) is 24.5 Å². The van der Waals surface area contributed by atoms with Crippen molar-refractivity contribution in [1.82, 2.24) is 34.9 Å². The van der Waals surface area contributed by atoms with Crippen molar-refractivity contribution >= 4 is 52.0 Å². The van der Waals surface area contributed by atoms with E-state index in [1.807, 2.05) is 21.0 Å². The van der Waals surface area contributed by atoms with Crippen molar-refractivity contribution in [1.29, 1.82) is 0 Å². The van der Waals surface area contributed by atoms with E-state index in [0.717, 1.165) is 19.4 Å². The van der Waals surface area contributed by atoms with Crippen molar-refractivity contribution < 1.29 is 9.18 Å². The Kier molecular flexibility index (Phi) is 7.88. The third kappa shape index (κ3) is 5.10. The molecule has 0 radical (unpaired) electrons. The molecule has 0 spiro atoms. The van der Waals surface area contributed by atoms with Gasteiger partial charge in [-0.2, -0.15) is 5.10 Å². The second kappa shape index (κ2) is 10.5. The smallest absolute Gasteiger partial charge is 0.255 e. The Labute approximate surface area is 201 Å². The summed E-state index contributed by atoms with van der Waals surface area (Å²) < 4.78 is 16.7. The van der Waals surface area contributed by atoms with Gasteiger partial charge in [0.2, 0.25) is 0 Å². The Hall–Kier alpha value is -2.75. The van der Waals surface area contributed by atoms with E-state index >= 15 is 0 Å². The largest absolute Gasteiger partial charge is 0.352 e. The van der Waals surface area contributed by atoms with Gasteiger partial charge in [-0.25, -0.2) is 14.4 Å². The van der Waals surface area contributed by atoms with Gasteiger partial charge in [0, 0.05) is 24.3 Å². The summed E-state index contributed by atoms with van der Waals surface area (Å²) in [6, 6.07) is 2.98. The zero-order valence-electron chi connectivity index (χ0n) is 18.7. The van der Waals surface area contributed by atoms with Gasteiger partial charge in [0.15, 0.2) is 5.65 Å². The first-order valence-electron chi connectivity index (χ1n) is 10.5. The SMILES string of the molecule is CCCNC(=O)c1c[nH]c2ncc(-c3nn(CCCN(C)C)c4cc(Cl)cc(F)c34)nc12.Cl. The van der Waals surface area contributed by atoms with Crippen LogP contribution in [0.1, 0.15) is 30.1 Å². The van der Waals surface area contributed by atoms with Crippen LogP contribution < -0.4 is 5.32 Å². The monoisotopic (exact) mass is 493 g/mol. The van der Waals surface area contributed by atoms with Crippen molar-refractivity contribution in [2.75, 3.05) is 27.2 Å². The minimum Gasteiger partial charge on any atom is -0.352 e. The number of halogens is 3. The van der Waals surface area contributed by atoms with Crippen molar-refractivity contribution in [2.24, 2.45) is 0 Å². The molecule has 0 saturated carbocycles. The maximum atomic E-state index is 15.0. The lowest BCUT2D eigenvalue weighted by Gasteiger charge is -2.09. The topological polar surface area (TPSA) is 91.7 Å². The average Bonchev–Trinajstić information content (AvgIpc) is 3.33. The molecule has 0 fully saturated rings. The van der Waals surface area contributed by atoms with Crippen molar-refractivity contribution in [3.8, 4) is 11.4 Å². The molecule has 8 nitrogen and oxygen atoms in total. The fourth-order valence-corrected chi connectivity index (χ4v) is 3.82. The predicted octanol–water partition coefficient (Wildman–Crippen LogP) is 4.28. The zero-order chi connectivity index (χ0) is 22.8. The molecule has 33 heavy (non-hydrogen) atoms. The molecule has 0 aliphatic carbocycles. The first-order valence-corrected chi connectivity index (χ1v) is 10.9. The van der Waals surface area contributed by atoms with Gasteiger partial charge in [-0.3, -0.25) is 9.48 Å². The van der Waals surface area contributed by atoms with E-state index in [-0.39, 0.29) is 18.3 Å². The predicted molar refractivity (Wildman–Crippen MR) is 131 cm³/mol. The number of hydrogen-bond donors (Lipinski definition) is 2. The lowest BCUT2D eigenvalue weighted by Crippen LogP contribution is -2.23. The number of rotatable bonds is 8. The summed E-state index contributed by atoms with van der Waals surface area (Å²) >= 11 is 6.13. The molecule has 0 bridgehead atoms. The molecule has 4 aromatic rings. The Morgan fingerprint density at radius 1 is 1.33 bits per heavy atom. The van der Waals surface area contributed by atoms with E-state index < -0.39 is 5.82 Å². The minimum atomic E-state index is -0.474. The van der Waals surface area contributed by atoms with Gasteiger partial charge >= 0.3 is 0 Å². The molecule has 0 unspecified atom stereocenters. The Morgan fingerprint density at radius 2 is 2.12 bits per heavy atom. The van der Waals surface area contributed by atoms with Gasteiger partial charge in [-0.05, 0) is 45.6 Å². The summed E-state index contributed by atoms with van der Waals surface area (Å²) in [7, 11) is 4.00. The van der Waals surface area contributed by atoms with Crippen LogP contribution in [-0.2, 0) is 6.54 Å². The van der Waals surface area contributed by atoms with E-state index in [9.17, 15) is 9.18 Å². The Bertz CT molecular complexity index is 1280. The van der Waals surface area contributed by atoms with Crippen molar-refractivity contribution in [2.45, 2.75) is 26.3 Å². The van der Waals surface area contributed by atoms with E-state index in [1.165, 1.54) is 12.3 Å². The molecule has 1 amide bonds. The van der Waals surface area contributed by atoms with Crippen LogP contribution >= 0.6 is 24.0 Å². The van der Waals surface area contributed by atoms with Crippen LogP contribution in [0.25, 0.3) is 33.5 Å². The number of H-pyrrole nitrogens is 1. The van der Waals surface area contributed by atoms with Crippen LogP contribution in [-0.4, -0.2) is 62.7 Å². The fraction of sp³-hybridized carbons (Fsp3) is 0.364. The van der Waals surface area contributed by atoms with Crippen molar-refractivity contribution in [3.05, 3.63) is 40.9 Å². The number of carbonyl (C=O) groups excluding carboxylic acids is 1. The summed E-state index contributed by atoms with van der Waals surface area (Å²) in [5.41, 5.74) is 2.64. The van der Waals surface area contributed by atoms with Crippen LogP contribution in [0.5, 0.6) is 0 Å². The molecule has 0 saturated heterocycles. The molecule has 0 atom stereocenters. The number of fused-ring (bicyclic) bond motifs is 2. The number of nitrogens with one attached hydrogen (secondary N) is 2.